The van der Waals surface area contributed by atoms with Gasteiger partial charge in [-0.25, -0.2) is 0 Å². The number of likely N-dealkylation sites (N-methyl/N-ethyl adjacent to an activating group) is 2. The quantitative estimate of drug-likeness (QED) is 0.930. The van der Waals surface area contributed by atoms with Gasteiger partial charge in [0.1, 0.15) is 0 Å². The van der Waals surface area contributed by atoms with Gasteiger partial charge in [0.2, 0.25) is 0 Å². The van der Waals surface area contributed by atoms with Gasteiger partial charge in [0, 0.05) is 31.2 Å². The summed E-state index contributed by atoms with van der Waals surface area (Å²) in [5, 5.41) is 1.09. The van der Waals surface area contributed by atoms with Crippen molar-refractivity contribution in [1.29, 1.82) is 0 Å². The van der Waals surface area contributed by atoms with Gasteiger partial charge in [-0.3, -0.25) is 4.79 Å². The number of hydrogen-bond donors (Lipinski definition) is 1. The molecular formula is C16H21N3O. The van der Waals surface area contributed by atoms with Crippen LogP contribution in [0.3, 0.4) is 0 Å². The zero-order valence-electron chi connectivity index (χ0n) is 12.1. The van der Waals surface area contributed by atoms with E-state index in [1.807, 2.05) is 42.4 Å². The van der Waals surface area contributed by atoms with Crippen LogP contribution in [0.15, 0.2) is 30.5 Å². The van der Waals surface area contributed by atoms with Crippen molar-refractivity contribution in [2.24, 2.45) is 0 Å². The summed E-state index contributed by atoms with van der Waals surface area (Å²) in [5.41, 5.74) is 1.69. The lowest BCUT2D eigenvalue weighted by Gasteiger charge is -2.26. The van der Waals surface area contributed by atoms with Crippen LogP contribution in [-0.2, 0) is 0 Å². The predicted octanol–water partition coefficient (Wildman–Crippen LogP) is 2.33. The van der Waals surface area contributed by atoms with E-state index in [1.165, 1.54) is 12.8 Å². The average molecular weight is 271 g/mol. The molecule has 20 heavy (non-hydrogen) atoms. The second kappa shape index (κ2) is 5.29. The van der Waals surface area contributed by atoms with Crippen LogP contribution in [0.1, 0.15) is 23.2 Å². The fourth-order valence-corrected chi connectivity index (χ4v) is 3.08. The third-order valence-corrected chi connectivity index (χ3v) is 4.32. The minimum absolute atomic E-state index is 0.0957. The molecule has 0 radical (unpaired) electrons. The molecule has 4 nitrogen and oxygen atoms in total. The van der Waals surface area contributed by atoms with E-state index in [-0.39, 0.29) is 5.91 Å². The summed E-state index contributed by atoms with van der Waals surface area (Å²) in [4.78, 5) is 20.0. The van der Waals surface area contributed by atoms with Gasteiger partial charge < -0.3 is 14.8 Å². The van der Waals surface area contributed by atoms with Gasteiger partial charge in [-0.05, 0) is 38.6 Å². The minimum atomic E-state index is 0.0957. The van der Waals surface area contributed by atoms with E-state index in [0.717, 1.165) is 29.6 Å². The van der Waals surface area contributed by atoms with E-state index in [0.29, 0.717) is 6.04 Å². The molecule has 1 saturated heterocycles. The molecule has 1 unspecified atom stereocenters. The highest BCUT2D eigenvalue weighted by Crippen LogP contribution is 2.20. The Morgan fingerprint density at radius 1 is 1.45 bits per heavy atom. The lowest BCUT2D eigenvalue weighted by atomic mass is 10.1. The second-order valence-electron chi connectivity index (χ2n) is 5.71. The molecule has 2 aromatic rings. The number of benzene rings is 1. The SMILES string of the molecule is CN(CC1CCCN1C)C(=O)c1cccc2cc[nH]c12. The number of nitrogens with zero attached hydrogens (tertiary/aromatic N) is 2. The van der Waals surface area contributed by atoms with Crippen molar-refractivity contribution in [2.45, 2.75) is 18.9 Å². The summed E-state index contributed by atoms with van der Waals surface area (Å²) < 4.78 is 0. The van der Waals surface area contributed by atoms with Crippen LogP contribution in [0.5, 0.6) is 0 Å². The van der Waals surface area contributed by atoms with Gasteiger partial charge in [-0.1, -0.05) is 12.1 Å². The van der Waals surface area contributed by atoms with Crippen molar-refractivity contribution in [3.05, 3.63) is 36.0 Å². The number of aromatic amines is 1. The Morgan fingerprint density at radius 3 is 3.05 bits per heavy atom. The molecule has 1 aliphatic rings. The maximum atomic E-state index is 12.6. The minimum Gasteiger partial charge on any atom is -0.361 e. The fourth-order valence-electron chi connectivity index (χ4n) is 3.08. The zero-order chi connectivity index (χ0) is 14.1. The van der Waals surface area contributed by atoms with Crippen molar-refractivity contribution in [3.8, 4) is 0 Å². The molecule has 0 saturated carbocycles. The Bertz CT molecular complexity index is 619. The Morgan fingerprint density at radius 2 is 2.30 bits per heavy atom. The van der Waals surface area contributed by atoms with Crippen LogP contribution in [0.25, 0.3) is 10.9 Å². The number of H-pyrrole nitrogens is 1. The van der Waals surface area contributed by atoms with E-state index in [9.17, 15) is 4.79 Å². The first-order chi connectivity index (χ1) is 9.66. The van der Waals surface area contributed by atoms with Crippen LogP contribution < -0.4 is 0 Å². The largest absolute Gasteiger partial charge is 0.361 e. The first kappa shape index (κ1) is 13.2. The summed E-state index contributed by atoms with van der Waals surface area (Å²) in [5.74, 6) is 0.0957. The van der Waals surface area contributed by atoms with Crippen molar-refractivity contribution in [3.63, 3.8) is 0 Å². The molecule has 1 fully saturated rings. The Kier molecular flexibility index (Phi) is 3.49. The third-order valence-electron chi connectivity index (χ3n) is 4.32. The van der Waals surface area contributed by atoms with Gasteiger partial charge in [-0.2, -0.15) is 0 Å². The molecule has 0 bridgehead atoms. The van der Waals surface area contributed by atoms with Gasteiger partial charge in [0.15, 0.2) is 0 Å². The lowest BCUT2D eigenvalue weighted by molar-refractivity contribution is 0.0763. The van der Waals surface area contributed by atoms with Crippen LogP contribution in [0.4, 0.5) is 0 Å². The highest BCUT2D eigenvalue weighted by Gasteiger charge is 2.24. The number of fused-ring (bicyclic) bond motifs is 1. The molecule has 3 rings (SSSR count). The molecule has 0 spiro atoms. The molecule has 1 amide bonds. The molecule has 4 heteroatoms. The first-order valence-electron chi connectivity index (χ1n) is 7.18. The lowest BCUT2D eigenvalue weighted by Crippen LogP contribution is -2.39. The summed E-state index contributed by atoms with van der Waals surface area (Å²) in [6, 6.07) is 8.35. The number of para-hydroxylation sites is 1. The van der Waals surface area contributed by atoms with Crippen molar-refractivity contribution in [2.75, 3.05) is 27.2 Å². The van der Waals surface area contributed by atoms with E-state index in [2.05, 4.69) is 16.9 Å². The highest BCUT2D eigenvalue weighted by molar-refractivity contribution is 6.05. The number of carbonyl (C=O) groups excluding carboxylic acids is 1. The normalized spacial score (nSPS) is 19.6. The van der Waals surface area contributed by atoms with Crippen molar-refractivity contribution < 1.29 is 4.79 Å². The summed E-state index contributed by atoms with van der Waals surface area (Å²) in [6.45, 7) is 1.94. The number of rotatable bonds is 3. The summed E-state index contributed by atoms with van der Waals surface area (Å²) in [7, 11) is 4.04. The number of nitrogens with one attached hydrogen (secondary N) is 1. The summed E-state index contributed by atoms with van der Waals surface area (Å²) in [6.07, 6.45) is 4.29. The molecule has 106 valence electrons. The van der Waals surface area contributed by atoms with Crippen LogP contribution >= 0.6 is 0 Å². The molecule has 1 N–H and O–H groups in total. The maximum absolute atomic E-state index is 12.6. The van der Waals surface area contributed by atoms with Crippen molar-refractivity contribution >= 4 is 16.8 Å². The third kappa shape index (κ3) is 2.31. The predicted molar refractivity (Wildman–Crippen MR) is 80.9 cm³/mol. The van der Waals surface area contributed by atoms with E-state index < -0.39 is 0 Å². The molecule has 1 aliphatic heterocycles. The highest BCUT2D eigenvalue weighted by atomic mass is 16.2. The van der Waals surface area contributed by atoms with Crippen LogP contribution in [-0.4, -0.2) is 53.9 Å². The zero-order valence-corrected chi connectivity index (χ0v) is 12.1. The Hall–Kier alpha value is -1.81. The maximum Gasteiger partial charge on any atom is 0.255 e. The molecule has 2 heterocycles. The van der Waals surface area contributed by atoms with Crippen molar-refractivity contribution in [1.82, 2.24) is 14.8 Å². The first-order valence-corrected chi connectivity index (χ1v) is 7.18. The Balaban J connectivity index is 1.79. The number of aromatic nitrogens is 1. The van der Waals surface area contributed by atoms with Gasteiger partial charge in [0.25, 0.3) is 5.91 Å². The second-order valence-corrected chi connectivity index (χ2v) is 5.71. The topological polar surface area (TPSA) is 39.3 Å². The Labute approximate surface area is 119 Å². The average Bonchev–Trinajstić information content (AvgIpc) is 3.07. The number of hydrogen-bond acceptors (Lipinski definition) is 2. The number of carbonyl (C=O) groups is 1. The molecule has 1 aromatic heterocycles. The molecular weight excluding hydrogens is 250 g/mol. The monoisotopic (exact) mass is 271 g/mol. The smallest absolute Gasteiger partial charge is 0.255 e. The molecule has 1 aromatic carbocycles. The number of amides is 1. The number of likely N-dealkylation sites (tertiary alicyclic amines) is 1. The van der Waals surface area contributed by atoms with E-state index in [1.54, 1.807) is 0 Å². The molecule has 1 atom stereocenters. The van der Waals surface area contributed by atoms with Gasteiger partial charge in [-0.15, -0.1) is 0 Å². The van der Waals surface area contributed by atoms with Gasteiger partial charge in [0.05, 0.1) is 11.1 Å². The van der Waals surface area contributed by atoms with E-state index >= 15 is 0 Å². The molecule has 0 aliphatic carbocycles. The van der Waals surface area contributed by atoms with E-state index in [4.69, 9.17) is 0 Å². The summed E-state index contributed by atoms with van der Waals surface area (Å²) >= 11 is 0. The van der Waals surface area contributed by atoms with Crippen LogP contribution in [0.2, 0.25) is 0 Å². The fraction of sp³-hybridized carbons (Fsp3) is 0.438. The van der Waals surface area contributed by atoms with Gasteiger partial charge >= 0.3 is 0 Å². The van der Waals surface area contributed by atoms with Crippen LogP contribution in [0, 0.1) is 0 Å². The standard InChI is InChI=1S/C16H21N3O/c1-18-10-4-6-13(18)11-19(2)16(20)14-7-3-5-12-8-9-17-15(12)14/h3,5,7-9,13,17H,4,6,10-11H2,1-2H3.